The molecule has 0 radical (unpaired) electrons. The van der Waals surface area contributed by atoms with Crippen LogP contribution in [0.4, 0.5) is 4.39 Å². The van der Waals surface area contributed by atoms with Crippen LogP contribution in [0, 0.1) is 5.82 Å². The average molecular weight is 228 g/mol. The standard InChI is InChI=1S/C12H15ClFN/c1-8(2)3-6-12(15)10-7-9(13)4-5-11(10)14/h4-5,7,12H,1,3,6,15H2,2H3. The summed E-state index contributed by atoms with van der Waals surface area (Å²) >= 11 is 5.78. The lowest BCUT2D eigenvalue weighted by Crippen LogP contribution is -2.12. The number of allylic oxidation sites excluding steroid dienone is 1. The summed E-state index contributed by atoms with van der Waals surface area (Å²) < 4.78 is 13.4. The van der Waals surface area contributed by atoms with E-state index in [1.807, 2.05) is 6.92 Å². The molecule has 2 N–H and O–H groups in total. The zero-order chi connectivity index (χ0) is 11.4. The molecule has 0 aliphatic rings. The summed E-state index contributed by atoms with van der Waals surface area (Å²) in [5.41, 5.74) is 7.40. The Kier molecular flexibility index (Phi) is 4.30. The van der Waals surface area contributed by atoms with Gasteiger partial charge in [-0.3, -0.25) is 0 Å². The Hall–Kier alpha value is -0.860. The summed E-state index contributed by atoms with van der Waals surface area (Å²) in [6, 6.07) is 4.13. The first-order valence-corrected chi connectivity index (χ1v) is 5.23. The third-order valence-electron chi connectivity index (χ3n) is 2.24. The van der Waals surface area contributed by atoms with Gasteiger partial charge in [0, 0.05) is 16.6 Å². The van der Waals surface area contributed by atoms with E-state index in [-0.39, 0.29) is 11.9 Å². The number of rotatable bonds is 4. The molecule has 1 aromatic rings. The normalized spacial score (nSPS) is 12.5. The maximum absolute atomic E-state index is 13.4. The molecule has 1 aromatic carbocycles. The molecular formula is C12H15ClFN. The molecule has 0 bridgehead atoms. The molecule has 0 aliphatic heterocycles. The van der Waals surface area contributed by atoms with Crippen LogP contribution in [0.2, 0.25) is 5.02 Å². The number of hydrogen-bond donors (Lipinski definition) is 1. The van der Waals surface area contributed by atoms with Crippen molar-refractivity contribution in [3.63, 3.8) is 0 Å². The fraction of sp³-hybridized carbons (Fsp3) is 0.333. The molecule has 3 heteroatoms. The van der Waals surface area contributed by atoms with Gasteiger partial charge in [-0.25, -0.2) is 4.39 Å². The highest BCUT2D eigenvalue weighted by Gasteiger charge is 2.11. The van der Waals surface area contributed by atoms with Crippen molar-refractivity contribution in [2.45, 2.75) is 25.8 Å². The molecule has 1 rings (SSSR count). The van der Waals surface area contributed by atoms with Crippen molar-refractivity contribution in [1.29, 1.82) is 0 Å². The van der Waals surface area contributed by atoms with E-state index in [2.05, 4.69) is 6.58 Å². The maximum atomic E-state index is 13.4. The van der Waals surface area contributed by atoms with Gasteiger partial charge in [0.1, 0.15) is 5.82 Å². The fourth-order valence-corrected chi connectivity index (χ4v) is 1.54. The number of nitrogens with two attached hydrogens (primary N) is 1. The van der Waals surface area contributed by atoms with Crippen LogP contribution in [-0.4, -0.2) is 0 Å². The molecule has 1 unspecified atom stereocenters. The van der Waals surface area contributed by atoms with E-state index in [4.69, 9.17) is 17.3 Å². The first-order chi connectivity index (χ1) is 7.00. The molecule has 1 nitrogen and oxygen atoms in total. The SMILES string of the molecule is C=C(C)CCC(N)c1cc(Cl)ccc1F. The van der Waals surface area contributed by atoms with Gasteiger partial charge in [0.25, 0.3) is 0 Å². The van der Waals surface area contributed by atoms with Gasteiger partial charge >= 0.3 is 0 Å². The van der Waals surface area contributed by atoms with Crippen LogP contribution in [0.5, 0.6) is 0 Å². The van der Waals surface area contributed by atoms with Gasteiger partial charge in [-0.1, -0.05) is 17.2 Å². The van der Waals surface area contributed by atoms with Gasteiger partial charge < -0.3 is 5.73 Å². The molecule has 0 fully saturated rings. The van der Waals surface area contributed by atoms with E-state index in [1.54, 1.807) is 6.07 Å². The quantitative estimate of drug-likeness (QED) is 0.778. The number of benzene rings is 1. The average Bonchev–Trinajstić information content (AvgIpc) is 2.18. The summed E-state index contributed by atoms with van der Waals surface area (Å²) in [5.74, 6) is -0.298. The Morgan fingerprint density at radius 1 is 1.60 bits per heavy atom. The first kappa shape index (κ1) is 12.2. The first-order valence-electron chi connectivity index (χ1n) is 4.85. The minimum Gasteiger partial charge on any atom is -0.324 e. The molecule has 82 valence electrons. The number of hydrogen-bond acceptors (Lipinski definition) is 1. The van der Waals surface area contributed by atoms with Crippen LogP contribution in [0.25, 0.3) is 0 Å². The minimum atomic E-state index is -0.319. The second kappa shape index (κ2) is 5.29. The largest absolute Gasteiger partial charge is 0.324 e. The highest BCUT2D eigenvalue weighted by Crippen LogP contribution is 2.23. The smallest absolute Gasteiger partial charge is 0.128 e. The Morgan fingerprint density at radius 2 is 2.27 bits per heavy atom. The van der Waals surface area contributed by atoms with Crippen molar-refractivity contribution < 1.29 is 4.39 Å². The molecule has 0 heterocycles. The Balaban J connectivity index is 2.76. The molecule has 0 spiro atoms. The third-order valence-corrected chi connectivity index (χ3v) is 2.47. The van der Waals surface area contributed by atoms with E-state index in [0.29, 0.717) is 17.0 Å². The fourth-order valence-electron chi connectivity index (χ4n) is 1.36. The summed E-state index contributed by atoms with van der Waals surface area (Å²) in [5, 5.41) is 0.511. The van der Waals surface area contributed by atoms with Crippen molar-refractivity contribution in [2.24, 2.45) is 5.73 Å². The molecule has 0 saturated heterocycles. The summed E-state index contributed by atoms with van der Waals surface area (Å²) in [6.07, 6.45) is 1.49. The third kappa shape index (κ3) is 3.65. The highest BCUT2D eigenvalue weighted by atomic mass is 35.5. The van der Waals surface area contributed by atoms with Gasteiger partial charge in [0.2, 0.25) is 0 Å². The van der Waals surface area contributed by atoms with Crippen molar-refractivity contribution >= 4 is 11.6 Å². The molecule has 0 aliphatic carbocycles. The Bertz CT molecular complexity index is 363. The topological polar surface area (TPSA) is 26.0 Å². The van der Waals surface area contributed by atoms with E-state index < -0.39 is 0 Å². The van der Waals surface area contributed by atoms with Gasteiger partial charge in [-0.05, 0) is 38.0 Å². The minimum absolute atomic E-state index is 0.298. The molecular weight excluding hydrogens is 213 g/mol. The van der Waals surface area contributed by atoms with Crippen molar-refractivity contribution in [3.05, 3.63) is 46.8 Å². The highest BCUT2D eigenvalue weighted by molar-refractivity contribution is 6.30. The summed E-state index contributed by atoms with van der Waals surface area (Å²) in [4.78, 5) is 0. The van der Waals surface area contributed by atoms with Crippen molar-refractivity contribution in [3.8, 4) is 0 Å². The van der Waals surface area contributed by atoms with Crippen LogP contribution in [0.15, 0.2) is 30.4 Å². The van der Waals surface area contributed by atoms with Gasteiger partial charge in [-0.15, -0.1) is 6.58 Å². The van der Waals surface area contributed by atoms with Crippen molar-refractivity contribution in [1.82, 2.24) is 0 Å². The Morgan fingerprint density at radius 3 is 2.87 bits per heavy atom. The predicted octanol–water partition coefficient (Wildman–Crippen LogP) is 3.84. The maximum Gasteiger partial charge on any atom is 0.128 e. The second-order valence-electron chi connectivity index (χ2n) is 3.77. The van der Waals surface area contributed by atoms with Crippen LogP contribution in [0.1, 0.15) is 31.4 Å². The second-order valence-corrected chi connectivity index (χ2v) is 4.20. The van der Waals surface area contributed by atoms with E-state index in [9.17, 15) is 4.39 Å². The number of halogens is 2. The van der Waals surface area contributed by atoms with E-state index >= 15 is 0 Å². The summed E-state index contributed by atoms with van der Waals surface area (Å²) in [6.45, 7) is 5.72. The monoisotopic (exact) mass is 227 g/mol. The lowest BCUT2D eigenvalue weighted by Gasteiger charge is -2.13. The molecule has 1 atom stereocenters. The van der Waals surface area contributed by atoms with Gasteiger partial charge in [0.15, 0.2) is 0 Å². The zero-order valence-corrected chi connectivity index (χ0v) is 9.52. The lowest BCUT2D eigenvalue weighted by molar-refractivity contribution is 0.563. The van der Waals surface area contributed by atoms with Crippen LogP contribution >= 0.6 is 11.6 Å². The van der Waals surface area contributed by atoms with E-state index in [1.165, 1.54) is 12.1 Å². The zero-order valence-electron chi connectivity index (χ0n) is 8.76. The van der Waals surface area contributed by atoms with Crippen LogP contribution in [-0.2, 0) is 0 Å². The molecule has 0 amide bonds. The Labute approximate surface area is 94.7 Å². The van der Waals surface area contributed by atoms with Crippen LogP contribution < -0.4 is 5.73 Å². The molecule has 0 aromatic heterocycles. The molecule has 15 heavy (non-hydrogen) atoms. The van der Waals surface area contributed by atoms with E-state index in [0.717, 1.165) is 12.0 Å². The van der Waals surface area contributed by atoms with Gasteiger partial charge in [0.05, 0.1) is 0 Å². The van der Waals surface area contributed by atoms with Crippen LogP contribution in [0.3, 0.4) is 0 Å². The molecule has 0 saturated carbocycles. The van der Waals surface area contributed by atoms with Crippen molar-refractivity contribution in [2.75, 3.05) is 0 Å². The summed E-state index contributed by atoms with van der Waals surface area (Å²) in [7, 11) is 0. The van der Waals surface area contributed by atoms with Gasteiger partial charge in [-0.2, -0.15) is 0 Å². The predicted molar refractivity (Wildman–Crippen MR) is 62.4 cm³/mol. The lowest BCUT2D eigenvalue weighted by atomic mass is 10.0.